The van der Waals surface area contributed by atoms with E-state index in [9.17, 15) is 4.79 Å². The van der Waals surface area contributed by atoms with Crippen molar-refractivity contribution < 1.29 is 9.53 Å². The van der Waals surface area contributed by atoms with E-state index in [1.54, 1.807) is 16.8 Å². The van der Waals surface area contributed by atoms with Crippen LogP contribution in [0.5, 0.6) is 0 Å². The highest BCUT2D eigenvalue weighted by molar-refractivity contribution is 9.10. The number of benzene rings is 2. The van der Waals surface area contributed by atoms with Crippen molar-refractivity contribution in [3.8, 4) is 0 Å². The van der Waals surface area contributed by atoms with Crippen molar-refractivity contribution in [2.45, 2.75) is 6.54 Å². The van der Waals surface area contributed by atoms with Crippen molar-refractivity contribution in [1.82, 2.24) is 9.78 Å². The molecule has 4 rings (SSSR count). The van der Waals surface area contributed by atoms with Gasteiger partial charge in [0.05, 0.1) is 23.1 Å². The molecule has 0 radical (unpaired) electrons. The quantitative estimate of drug-likeness (QED) is 0.182. The molecule has 6 nitrogen and oxygen atoms in total. The third kappa shape index (κ3) is 5.45. The minimum Gasteiger partial charge on any atom is -0.465 e. The molecule has 0 atom stereocenters. The molecule has 2 N–H and O–H groups in total. The molecule has 170 valence electrons. The fourth-order valence-corrected chi connectivity index (χ4v) is 5.59. The number of rotatable bonds is 5. The zero-order valence-electron chi connectivity index (χ0n) is 16.8. The molecule has 12 heteroatoms. The number of carbonyl (C=O) groups excluding carboxylic acids is 1. The van der Waals surface area contributed by atoms with Crippen LogP contribution < -0.4 is 10.6 Å². The maximum Gasteiger partial charge on any atom is 0.349 e. The van der Waals surface area contributed by atoms with Crippen molar-refractivity contribution in [2.24, 2.45) is 0 Å². The number of aromatic nitrogens is 2. The lowest BCUT2D eigenvalue weighted by Crippen LogP contribution is -2.19. The van der Waals surface area contributed by atoms with Gasteiger partial charge >= 0.3 is 5.97 Å². The predicted octanol–water partition coefficient (Wildman–Crippen LogP) is 7.46. The minimum atomic E-state index is -0.465. The first kappa shape index (κ1) is 24.3. The number of fused-ring (bicyclic) bond motifs is 1. The van der Waals surface area contributed by atoms with Crippen LogP contribution in [0.3, 0.4) is 0 Å². The average molecular weight is 605 g/mol. The van der Waals surface area contributed by atoms with E-state index in [2.05, 4.69) is 31.7 Å². The number of nitrogens with zero attached hydrogens (tertiary/aromatic N) is 2. The fraction of sp³-hybridized carbons (Fsp3) is 0.0952. The fourth-order valence-electron chi connectivity index (χ4n) is 3.02. The Morgan fingerprint density at radius 2 is 2.00 bits per heavy atom. The summed E-state index contributed by atoms with van der Waals surface area (Å²) in [7, 11) is 1.32. The Morgan fingerprint density at radius 3 is 2.73 bits per heavy atom. The van der Waals surface area contributed by atoms with E-state index in [4.69, 9.17) is 51.8 Å². The number of halogens is 4. The molecule has 0 saturated heterocycles. The summed E-state index contributed by atoms with van der Waals surface area (Å²) < 4.78 is 8.09. The van der Waals surface area contributed by atoms with Crippen molar-refractivity contribution in [3.63, 3.8) is 0 Å². The summed E-state index contributed by atoms with van der Waals surface area (Å²) in [5.74, 6) is 0.0824. The van der Waals surface area contributed by atoms with Gasteiger partial charge in [-0.2, -0.15) is 5.10 Å². The molecule has 0 aliphatic heterocycles. The topological polar surface area (TPSA) is 68.2 Å². The summed E-state index contributed by atoms with van der Waals surface area (Å²) in [6.07, 6.45) is 1.82. The van der Waals surface area contributed by atoms with E-state index in [1.807, 2.05) is 30.5 Å². The molecule has 0 amide bonds. The Hall–Kier alpha value is -1.88. The highest BCUT2D eigenvalue weighted by Gasteiger charge is 2.18. The smallest absolute Gasteiger partial charge is 0.349 e. The Morgan fingerprint density at radius 1 is 1.21 bits per heavy atom. The van der Waals surface area contributed by atoms with Crippen LogP contribution in [0.4, 0.5) is 11.5 Å². The number of thiocarbonyl (C=S) groups is 1. The second-order valence-corrected chi connectivity index (χ2v) is 10.3. The van der Waals surface area contributed by atoms with E-state index in [0.29, 0.717) is 37.4 Å². The number of hydrogen-bond acceptors (Lipinski definition) is 5. The number of anilines is 2. The van der Waals surface area contributed by atoms with Crippen molar-refractivity contribution in [1.29, 1.82) is 0 Å². The Labute approximate surface area is 221 Å². The number of carbonyl (C=O) groups is 1. The normalized spacial score (nSPS) is 10.9. The minimum absolute atomic E-state index is 0.348. The third-order valence-electron chi connectivity index (χ3n) is 4.55. The van der Waals surface area contributed by atoms with Gasteiger partial charge in [-0.05, 0) is 64.0 Å². The molecule has 0 aliphatic rings. The van der Waals surface area contributed by atoms with Crippen LogP contribution >= 0.6 is 74.3 Å². The average Bonchev–Trinajstić information content (AvgIpc) is 3.28. The largest absolute Gasteiger partial charge is 0.465 e. The molecule has 0 unspecified atom stereocenters. The Kier molecular flexibility index (Phi) is 7.47. The van der Waals surface area contributed by atoms with Crippen LogP contribution in [0.15, 0.2) is 47.1 Å². The first-order valence-corrected chi connectivity index (χ1v) is 12.5. The SMILES string of the molecule is COC(=O)c1sc2cc(NC(=S)Nc3nn(Cc4ccc(Cl)cc4Cl)cc3Br)ccc2c1Cl. The van der Waals surface area contributed by atoms with E-state index in [-0.39, 0.29) is 0 Å². The lowest BCUT2D eigenvalue weighted by atomic mass is 10.2. The third-order valence-corrected chi connectivity index (χ3v) is 7.56. The summed E-state index contributed by atoms with van der Waals surface area (Å²) in [5.41, 5.74) is 1.62. The summed E-state index contributed by atoms with van der Waals surface area (Å²) >= 11 is 28.7. The predicted molar refractivity (Wildman–Crippen MR) is 144 cm³/mol. The van der Waals surface area contributed by atoms with Crippen molar-refractivity contribution in [2.75, 3.05) is 17.7 Å². The van der Waals surface area contributed by atoms with Gasteiger partial charge in [0, 0.05) is 32.0 Å². The molecule has 2 heterocycles. The number of nitrogens with one attached hydrogen (secondary N) is 2. The maximum atomic E-state index is 11.9. The molecule has 0 spiro atoms. The van der Waals surface area contributed by atoms with Crippen LogP contribution in [0.25, 0.3) is 10.1 Å². The lowest BCUT2D eigenvalue weighted by molar-refractivity contribution is 0.0606. The molecule has 2 aromatic carbocycles. The van der Waals surface area contributed by atoms with Gasteiger partial charge in [0.25, 0.3) is 0 Å². The second-order valence-electron chi connectivity index (χ2n) is 6.79. The summed E-state index contributed by atoms with van der Waals surface area (Å²) in [5, 5.41) is 13.4. The Balaban J connectivity index is 1.46. The number of methoxy groups -OCH3 is 1. The summed E-state index contributed by atoms with van der Waals surface area (Å²) in [4.78, 5) is 12.2. The molecule has 33 heavy (non-hydrogen) atoms. The number of hydrogen-bond donors (Lipinski definition) is 2. The maximum absolute atomic E-state index is 11.9. The summed E-state index contributed by atoms with van der Waals surface area (Å²) in [6, 6.07) is 10.9. The van der Waals surface area contributed by atoms with Crippen LogP contribution in [0, 0.1) is 0 Å². The zero-order valence-corrected chi connectivity index (χ0v) is 22.3. The van der Waals surface area contributed by atoms with E-state index in [1.165, 1.54) is 18.4 Å². The molecular weight excluding hydrogens is 591 g/mol. The van der Waals surface area contributed by atoms with Crippen molar-refractivity contribution in [3.05, 3.63) is 72.6 Å². The van der Waals surface area contributed by atoms with Crippen LogP contribution in [-0.4, -0.2) is 28.0 Å². The number of thiophene rings is 1. The lowest BCUT2D eigenvalue weighted by Gasteiger charge is -2.09. The van der Waals surface area contributed by atoms with Gasteiger partial charge in [0.2, 0.25) is 0 Å². The van der Waals surface area contributed by atoms with Crippen molar-refractivity contribution >= 4 is 107 Å². The van der Waals surface area contributed by atoms with Gasteiger partial charge in [0.1, 0.15) is 4.88 Å². The van der Waals surface area contributed by atoms with Gasteiger partial charge in [-0.15, -0.1) is 11.3 Å². The monoisotopic (exact) mass is 602 g/mol. The van der Waals surface area contributed by atoms with Crippen LogP contribution in [-0.2, 0) is 11.3 Å². The van der Waals surface area contributed by atoms with E-state index >= 15 is 0 Å². The second kappa shape index (κ2) is 10.2. The van der Waals surface area contributed by atoms with Gasteiger partial charge in [-0.1, -0.05) is 40.9 Å². The molecule has 4 aromatic rings. The van der Waals surface area contributed by atoms with Crippen LogP contribution in [0.1, 0.15) is 15.2 Å². The zero-order chi connectivity index (χ0) is 23.7. The van der Waals surface area contributed by atoms with Gasteiger partial charge in [-0.25, -0.2) is 4.79 Å². The molecule has 0 fully saturated rings. The first-order chi connectivity index (χ1) is 15.7. The number of ether oxygens (including phenoxy) is 1. The number of esters is 1. The highest BCUT2D eigenvalue weighted by atomic mass is 79.9. The molecular formula is C21H14BrCl3N4O2S2. The molecule has 2 aromatic heterocycles. The molecule has 0 saturated carbocycles. The molecule has 0 aliphatic carbocycles. The van der Waals surface area contributed by atoms with E-state index in [0.717, 1.165) is 25.8 Å². The van der Waals surface area contributed by atoms with Gasteiger partial charge < -0.3 is 15.4 Å². The Bertz CT molecular complexity index is 1390. The van der Waals surface area contributed by atoms with Gasteiger partial charge in [0.15, 0.2) is 10.9 Å². The standard InChI is InChI=1S/C21H14BrCl3N4O2S2/c1-31-20(30)18-17(25)13-5-4-12(7-16(13)33-18)26-21(32)27-19-14(22)9-29(28-19)8-10-2-3-11(23)6-15(10)24/h2-7,9H,8H2,1H3,(H2,26,27,28,32). The van der Waals surface area contributed by atoms with E-state index < -0.39 is 5.97 Å². The summed E-state index contributed by atoms with van der Waals surface area (Å²) in [6.45, 7) is 0.467. The highest BCUT2D eigenvalue weighted by Crippen LogP contribution is 2.37. The molecule has 0 bridgehead atoms. The van der Waals surface area contributed by atoms with Crippen LogP contribution in [0.2, 0.25) is 15.1 Å². The van der Waals surface area contributed by atoms with Gasteiger partial charge in [-0.3, -0.25) is 4.68 Å². The first-order valence-electron chi connectivity index (χ1n) is 9.30.